The summed E-state index contributed by atoms with van der Waals surface area (Å²) in [6, 6.07) is 8.48. The molecule has 1 nitrogen and oxygen atoms in total. The first-order valence-electron chi connectivity index (χ1n) is 6.51. The first kappa shape index (κ1) is 15.3. The van der Waals surface area contributed by atoms with Gasteiger partial charge in [-0.3, -0.25) is 4.79 Å². The van der Waals surface area contributed by atoms with Gasteiger partial charge < -0.3 is 0 Å². The Morgan fingerprint density at radius 1 is 0.857 bits per heavy atom. The van der Waals surface area contributed by atoms with E-state index in [2.05, 4.69) is 0 Å². The monoisotopic (exact) mass is 292 g/mol. The largest absolute Gasteiger partial charge is 0.288 e. The average Bonchev–Trinajstić information content (AvgIpc) is 2.43. The summed E-state index contributed by atoms with van der Waals surface area (Å²) in [5.74, 6) is -5.05. The Balaban J connectivity index is 2.59. The van der Waals surface area contributed by atoms with Gasteiger partial charge in [-0.25, -0.2) is 13.2 Å². The standard InChI is InChI=1S/C17H15F3O/c1-17(2,3)12-7-5-4-6-10(12)16(21)11-8-9-13(18)15(20)14(11)19/h4-9H,1-3H3. The summed E-state index contributed by atoms with van der Waals surface area (Å²) in [6.45, 7) is 5.75. The molecule has 21 heavy (non-hydrogen) atoms. The zero-order valence-corrected chi connectivity index (χ0v) is 12.0. The molecule has 0 bridgehead atoms. The highest BCUT2D eigenvalue weighted by Crippen LogP contribution is 2.28. The molecule has 2 aromatic rings. The number of carbonyl (C=O) groups excluding carboxylic acids is 1. The van der Waals surface area contributed by atoms with Crippen molar-refractivity contribution in [1.29, 1.82) is 0 Å². The Hall–Kier alpha value is -2.10. The number of rotatable bonds is 2. The molecule has 0 saturated heterocycles. The minimum atomic E-state index is -1.63. The van der Waals surface area contributed by atoms with Crippen LogP contribution in [0.2, 0.25) is 0 Å². The quantitative estimate of drug-likeness (QED) is 0.582. The predicted octanol–water partition coefficient (Wildman–Crippen LogP) is 4.63. The van der Waals surface area contributed by atoms with Crippen molar-refractivity contribution in [3.8, 4) is 0 Å². The highest BCUT2D eigenvalue weighted by atomic mass is 19.2. The van der Waals surface area contributed by atoms with Crippen LogP contribution < -0.4 is 0 Å². The van der Waals surface area contributed by atoms with Crippen LogP contribution in [0.4, 0.5) is 13.2 Å². The van der Waals surface area contributed by atoms with Crippen LogP contribution in [-0.2, 0) is 5.41 Å². The molecule has 0 spiro atoms. The summed E-state index contributed by atoms with van der Waals surface area (Å²) in [4.78, 5) is 12.5. The first-order valence-corrected chi connectivity index (χ1v) is 6.51. The number of benzene rings is 2. The zero-order chi connectivity index (χ0) is 15.8. The molecule has 2 aromatic carbocycles. The molecule has 0 saturated carbocycles. The third-order valence-corrected chi connectivity index (χ3v) is 3.26. The molecular weight excluding hydrogens is 277 g/mol. The van der Waals surface area contributed by atoms with Gasteiger partial charge in [0.05, 0.1) is 5.56 Å². The first-order chi connectivity index (χ1) is 9.73. The third-order valence-electron chi connectivity index (χ3n) is 3.26. The second kappa shape index (κ2) is 5.35. The van der Waals surface area contributed by atoms with Crippen molar-refractivity contribution >= 4 is 5.78 Å². The zero-order valence-electron chi connectivity index (χ0n) is 12.0. The van der Waals surface area contributed by atoms with Crippen molar-refractivity contribution in [2.45, 2.75) is 26.2 Å². The Morgan fingerprint density at radius 2 is 1.48 bits per heavy atom. The minimum absolute atomic E-state index is 0.287. The van der Waals surface area contributed by atoms with Crippen LogP contribution in [0.5, 0.6) is 0 Å². The summed E-state index contributed by atoms with van der Waals surface area (Å²) in [5.41, 5.74) is 0.209. The van der Waals surface area contributed by atoms with Crippen LogP contribution in [-0.4, -0.2) is 5.78 Å². The predicted molar refractivity (Wildman–Crippen MR) is 74.9 cm³/mol. The van der Waals surface area contributed by atoms with Crippen molar-refractivity contribution < 1.29 is 18.0 Å². The van der Waals surface area contributed by atoms with E-state index in [1.54, 1.807) is 24.3 Å². The van der Waals surface area contributed by atoms with Crippen LogP contribution >= 0.6 is 0 Å². The van der Waals surface area contributed by atoms with Gasteiger partial charge in [-0.2, -0.15) is 0 Å². The molecule has 2 rings (SSSR count). The molecule has 0 heterocycles. The molecule has 0 amide bonds. The van der Waals surface area contributed by atoms with Crippen LogP contribution in [0.3, 0.4) is 0 Å². The van der Waals surface area contributed by atoms with Crippen molar-refractivity contribution in [2.24, 2.45) is 0 Å². The van der Waals surface area contributed by atoms with Crippen molar-refractivity contribution in [3.63, 3.8) is 0 Å². The van der Waals surface area contributed by atoms with Gasteiger partial charge in [0.25, 0.3) is 0 Å². The Kier molecular flexibility index (Phi) is 3.90. The maximum atomic E-state index is 13.8. The van der Waals surface area contributed by atoms with Gasteiger partial charge in [-0.05, 0) is 23.1 Å². The molecule has 0 fully saturated rings. The lowest BCUT2D eigenvalue weighted by molar-refractivity contribution is 0.103. The second-order valence-corrected chi connectivity index (χ2v) is 5.85. The Bertz CT molecular complexity index is 700. The van der Waals surface area contributed by atoms with E-state index in [9.17, 15) is 18.0 Å². The van der Waals surface area contributed by atoms with E-state index < -0.39 is 28.8 Å². The molecular formula is C17H15F3O. The molecule has 4 heteroatoms. The lowest BCUT2D eigenvalue weighted by Crippen LogP contribution is -2.18. The van der Waals surface area contributed by atoms with Crippen molar-refractivity contribution in [1.82, 2.24) is 0 Å². The van der Waals surface area contributed by atoms with E-state index in [4.69, 9.17) is 0 Å². The van der Waals surface area contributed by atoms with E-state index in [1.807, 2.05) is 20.8 Å². The van der Waals surface area contributed by atoms with Gasteiger partial charge in [0.1, 0.15) is 0 Å². The fourth-order valence-electron chi connectivity index (χ4n) is 2.18. The van der Waals surface area contributed by atoms with Crippen LogP contribution in [0.25, 0.3) is 0 Å². The number of hydrogen-bond acceptors (Lipinski definition) is 1. The van der Waals surface area contributed by atoms with Gasteiger partial charge in [0, 0.05) is 5.56 Å². The average molecular weight is 292 g/mol. The van der Waals surface area contributed by atoms with Crippen LogP contribution in [0.1, 0.15) is 42.3 Å². The third kappa shape index (κ3) is 2.84. The van der Waals surface area contributed by atoms with Gasteiger partial charge >= 0.3 is 0 Å². The fourth-order valence-corrected chi connectivity index (χ4v) is 2.18. The molecule has 0 unspecified atom stereocenters. The van der Waals surface area contributed by atoms with E-state index >= 15 is 0 Å². The molecule has 0 radical (unpaired) electrons. The van der Waals surface area contributed by atoms with E-state index in [0.717, 1.165) is 17.7 Å². The summed E-state index contributed by atoms with van der Waals surface area (Å²) in [5, 5.41) is 0. The van der Waals surface area contributed by atoms with Gasteiger partial charge in [-0.15, -0.1) is 0 Å². The summed E-state index contributed by atoms with van der Waals surface area (Å²) in [6.07, 6.45) is 0. The van der Waals surface area contributed by atoms with E-state index in [0.29, 0.717) is 0 Å². The molecule has 0 aliphatic carbocycles. The lowest BCUT2D eigenvalue weighted by atomic mass is 9.82. The Labute approximate surface area is 121 Å². The molecule has 0 aliphatic heterocycles. The van der Waals surface area contributed by atoms with Gasteiger partial charge in [-0.1, -0.05) is 45.0 Å². The number of halogens is 3. The smallest absolute Gasteiger partial charge is 0.196 e. The molecule has 110 valence electrons. The topological polar surface area (TPSA) is 17.1 Å². The molecule has 0 aliphatic rings. The summed E-state index contributed by atoms with van der Waals surface area (Å²) >= 11 is 0. The number of carbonyl (C=O) groups is 1. The SMILES string of the molecule is CC(C)(C)c1ccccc1C(=O)c1ccc(F)c(F)c1F. The van der Waals surface area contributed by atoms with Gasteiger partial charge in [0.15, 0.2) is 23.2 Å². The second-order valence-electron chi connectivity index (χ2n) is 5.85. The van der Waals surface area contributed by atoms with Crippen LogP contribution in [0.15, 0.2) is 36.4 Å². The maximum Gasteiger partial charge on any atom is 0.196 e. The van der Waals surface area contributed by atoms with Crippen molar-refractivity contribution in [2.75, 3.05) is 0 Å². The van der Waals surface area contributed by atoms with E-state index in [-0.39, 0.29) is 11.0 Å². The van der Waals surface area contributed by atoms with Gasteiger partial charge in [0.2, 0.25) is 0 Å². The molecule has 0 aromatic heterocycles. The molecule has 0 N–H and O–H groups in total. The number of hydrogen-bond donors (Lipinski definition) is 0. The summed E-state index contributed by atoms with van der Waals surface area (Å²) < 4.78 is 40.1. The lowest BCUT2D eigenvalue weighted by Gasteiger charge is -2.22. The normalized spacial score (nSPS) is 11.5. The minimum Gasteiger partial charge on any atom is -0.288 e. The molecule has 0 atom stereocenters. The van der Waals surface area contributed by atoms with Crippen molar-refractivity contribution in [3.05, 3.63) is 70.5 Å². The number of ketones is 1. The maximum absolute atomic E-state index is 13.8. The highest BCUT2D eigenvalue weighted by molar-refractivity contribution is 6.10. The highest BCUT2D eigenvalue weighted by Gasteiger charge is 2.25. The fraction of sp³-hybridized carbons (Fsp3) is 0.235. The van der Waals surface area contributed by atoms with Crippen LogP contribution in [0, 0.1) is 17.5 Å². The van der Waals surface area contributed by atoms with E-state index in [1.165, 1.54) is 0 Å². The Morgan fingerprint density at radius 3 is 2.10 bits per heavy atom. The summed E-state index contributed by atoms with van der Waals surface area (Å²) in [7, 11) is 0.